The molecular weight excluding hydrogens is 349 g/mol. The highest BCUT2D eigenvalue weighted by Crippen LogP contribution is 2.52. The molecule has 1 aromatic heterocycles. The van der Waals surface area contributed by atoms with Crippen molar-refractivity contribution in [3.05, 3.63) is 15.1 Å². The molecule has 0 radical (unpaired) electrons. The Balaban J connectivity index is 1.99. The molecule has 1 N–H and O–H groups in total. The molecule has 3 unspecified atom stereocenters. The van der Waals surface area contributed by atoms with Crippen molar-refractivity contribution in [3.63, 3.8) is 0 Å². The van der Waals surface area contributed by atoms with Crippen LogP contribution in [0.3, 0.4) is 0 Å². The number of nitrogens with zero attached hydrogens (tertiary/aromatic N) is 2. The Hall–Kier alpha value is -0.390. The summed E-state index contributed by atoms with van der Waals surface area (Å²) in [6, 6.07) is 0. The minimum atomic E-state index is 0.458. The van der Waals surface area contributed by atoms with Gasteiger partial charge >= 0.3 is 0 Å². The predicted molar refractivity (Wildman–Crippen MR) is 86.6 cm³/mol. The maximum absolute atomic E-state index is 4.92. The van der Waals surface area contributed by atoms with Crippen molar-refractivity contribution in [2.75, 3.05) is 12.4 Å². The average Bonchev–Trinajstić information content (AvgIpc) is 3.01. The monoisotopic (exact) mass is 371 g/mol. The SMILES string of the molecule is CNc1nc(C2CC3CCC2C3)nc(C(C)C)c1I. The van der Waals surface area contributed by atoms with Crippen LogP contribution < -0.4 is 5.32 Å². The maximum atomic E-state index is 4.92. The molecule has 2 fully saturated rings. The van der Waals surface area contributed by atoms with Crippen LogP contribution >= 0.6 is 22.6 Å². The van der Waals surface area contributed by atoms with Gasteiger partial charge < -0.3 is 5.32 Å². The summed E-state index contributed by atoms with van der Waals surface area (Å²) >= 11 is 2.37. The highest BCUT2D eigenvalue weighted by atomic mass is 127. The summed E-state index contributed by atoms with van der Waals surface area (Å²) in [7, 11) is 1.96. The lowest BCUT2D eigenvalue weighted by molar-refractivity contribution is 0.404. The van der Waals surface area contributed by atoms with Gasteiger partial charge in [0.05, 0.1) is 9.26 Å². The quantitative estimate of drug-likeness (QED) is 0.812. The van der Waals surface area contributed by atoms with Gasteiger partial charge in [-0.15, -0.1) is 0 Å². The lowest BCUT2D eigenvalue weighted by Gasteiger charge is -2.22. The van der Waals surface area contributed by atoms with Gasteiger partial charge in [-0.3, -0.25) is 0 Å². The molecule has 104 valence electrons. The molecule has 3 rings (SSSR count). The third kappa shape index (κ3) is 2.36. The number of fused-ring (bicyclic) bond motifs is 2. The van der Waals surface area contributed by atoms with Gasteiger partial charge in [0, 0.05) is 13.0 Å². The third-order valence-corrected chi connectivity index (χ3v) is 5.81. The molecular formula is C15H22IN3. The summed E-state index contributed by atoms with van der Waals surface area (Å²) in [6.45, 7) is 4.43. The summed E-state index contributed by atoms with van der Waals surface area (Å²) in [5.41, 5.74) is 1.21. The first-order valence-corrected chi connectivity index (χ1v) is 8.43. The molecule has 0 aromatic carbocycles. The largest absolute Gasteiger partial charge is 0.372 e. The predicted octanol–water partition coefficient (Wildman–Crippen LogP) is 4.15. The Morgan fingerprint density at radius 1 is 1.21 bits per heavy atom. The smallest absolute Gasteiger partial charge is 0.143 e. The highest BCUT2D eigenvalue weighted by Gasteiger charge is 2.42. The van der Waals surface area contributed by atoms with Gasteiger partial charge in [0.2, 0.25) is 0 Å². The number of anilines is 1. The van der Waals surface area contributed by atoms with Gasteiger partial charge in [0.25, 0.3) is 0 Å². The Bertz CT molecular complexity index is 487. The van der Waals surface area contributed by atoms with E-state index in [4.69, 9.17) is 9.97 Å². The number of rotatable bonds is 3. The fourth-order valence-electron chi connectivity index (χ4n) is 3.76. The van der Waals surface area contributed by atoms with Crippen molar-refractivity contribution < 1.29 is 0 Å². The molecule has 0 spiro atoms. The molecule has 4 heteroatoms. The van der Waals surface area contributed by atoms with Crippen LogP contribution in [0.4, 0.5) is 5.82 Å². The molecule has 3 nitrogen and oxygen atoms in total. The molecule has 0 aliphatic heterocycles. The Kier molecular flexibility index (Phi) is 3.71. The van der Waals surface area contributed by atoms with Crippen molar-refractivity contribution in [1.29, 1.82) is 0 Å². The number of nitrogens with one attached hydrogen (secondary N) is 1. The number of halogens is 1. The van der Waals surface area contributed by atoms with Gasteiger partial charge in [0.1, 0.15) is 11.6 Å². The lowest BCUT2D eigenvalue weighted by atomic mass is 9.88. The molecule has 2 saturated carbocycles. The second kappa shape index (κ2) is 5.19. The molecule has 1 heterocycles. The topological polar surface area (TPSA) is 37.8 Å². The fraction of sp³-hybridized carbons (Fsp3) is 0.733. The van der Waals surface area contributed by atoms with Crippen molar-refractivity contribution in [3.8, 4) is 0 Å². The van der Waals surface area contributed by atoms with Crippen LogP contribution in [0.15, 0.2) is 0 Å². The Morgan fingerprint density at radius 2 is 2.00 bits per heavy atom. The molecule has 2 bridgehead atoms. The molecule has 19 heavy (non-hydrogen) atoms. The zero-order valence-electron chi connectivity index (χ0n) is 11.9. The van der Waals surface area contributed by atoms with Gasteiger partial charge in [0.15, 0.2) is 0 Å². The molecule has 0 amide bonds. The second-order valence-electron chi connectivity index (χ2n) is 6.32. The summed E-state index contributed by atoms with van der Waals surface area (Å²) in [4.78, 5) is 9.73. The van der Waals surface area contributed by atoms with Crippen LogP contribution in [0.25, 0.3) is 0 Å². The first-order chi connectivity index (χ1) is 9.10. The first kappa shape index (κ1) is 13.6. The van der Waals surface area contributed by atoms with Crippen LogP contribution in [0.1, 0.15) is 62.9 Å². The maximum Gasteiger partial charge on any atom is 0.143 e. The summed E-state index contributed by atoms with van der Waals surface area (Å²) in [5.74, 6) is 4.96. The van der Waals surface area contributed by atoms with E-state index < -0.39 is 0 Å². The van der Waals surface area contributed by atoms with Crippen molar-refractivity contribution in [2.24, 2.45) is 11.8 Å². The Morgan fingerprint density at radius 3 is 2.53 bits per heavy atom. The van der Waals surface area contributed by atoms with E-state index in [-0.39, 0.29) is 0 Å². The molecule has 0 saturated heterocycles. The lowest BCUT2D eigenvalue weighted by Crippen LogP contribution is -2.16. The van der Waals surface area contributed by atoms with Crippen molar-refractivity contribution >= 4 is 28.4 Å². The van der Waals surface area contributed by atoms with Gasteiger partial charge in [-0.2, -0.15) is 0 Å². The van der Waals surface area contributed by atoms with Crippen LogP contribution in [0, 0.1) is 15.4 Å². The van der Waals surface area contributed by atoms with Crippen LogP contribution in [0.2, 0.25) is 0 Å². The van der Waals surface area contributed by atoms with E-state index >= 15 is 0 Å². The molecule has 1 aromatic rings. The number of aromatic nitrogens is 2. The van der Waals surface area contributed by atoms with E-state index in [1.54, 1.807) is 0 Å². The molecule has 2 aliphatic carbocycles. The number of hydrogen-bond donors (Lipinski definition) is 1. The van der Waals surface area contributed by atoms with Crippen molar-refractivity contribution in [1.82, 2.24) is 9.97 Å². The first-order valence-electron chi connectivity index (χ1n) is 7.35. The van der Waals surface area contributed by atoms with Crippen LogP contribution in [-0.2, 0) is 0 Å². The highest BCUT2D eigenvalue weighted by molar-refractivity contribution is 14.1. The third-order valence-electron chi connectivity index (χ3n) is 4.75. The normalized spacial score (nSPS) is 29.2. The van der Waals surface area contributed by atoms with E-state index in [1.807, 2.05) is 7.05 Å². The van der Waals surface area contributed by atoms with E-state index in [0.29, 0.717) is 11.8 Å². The molecule has 2 aliphatic rings. The van der Waals surface area contributed by atoms with Gasteiger partial charge in [-0.1, -0.05) is 20.3 Å². The Labute approximate surface area is 129 Å². The van der Waals surface area contributed by atoms with E-state index in [2.05, 4.69) is 41.8 Å². The summed E-state index contributed by atoms with van der Waals surface area (Å²) in [6.07, 6.45) is 5.54. The van der Waals surface area contributed by atoms with E-state index in [1.165, 1.54) is 34.9 Å². The van der Waals surface area contributed by atoms with Crippen LogP contribution in [0.5, 0.6) is 0 Å². The number of hydrogen-bond acceptors (Lipinski definition) is 3. The van der Waals surface area contributed by atoms with Crippen LogP contribution in [-0.4, -0.2) is 17.0 Å². The summed E-state index contributed by atoms with van der Waals surface area (Å²) < 4.78 is 1.18. The second-order valence-corrected chi connectivity index (χ2v) is 7.39. The minimum Gasteiger partial charge on any atom is -0.372 e. The van der Waals surface area contributed by atoms with Crippen molar-refractivity contribution in [2.45, 2.75) is 51.4 Å². The fourth-order valence-corrected chi connectivity index (χ4v) is 4.89. The molecule has 3 atom stereocenters. The zero-order chi connectivity index (χ0) is 13.6. The van der Waals surface area contributed by atoms with E-state index in [9.17, 15) is 0 Å². The zero-order valence-corrected chi connectivity index (χ0v) is 14.1. The van der Waals surface area contributed by atoms with E-state index in [0.717, 1.165) is 23.5 Å². The standard InChI is InChI=1S/C15H22IN3/c1-8(2)13-12(16)15(17-3)19-14(18-13)11-7-9-4-5-10(11)6-9/h8-11H,4-7H2,1-3H3,(H,17,18,19). The average molecular weight is 371 g/mol. The van der Waals surface area contributed by atoms with Gasteiger partial charge in [-0.25, -0.2) is 9.97 Å². The summed E-state index contributed by atoms with van der Waals surface area (Å²) in [5, 5.41) is 3.24. The minimum absolute atomic E-state index is 0.458. The van der Waals surface area contributed by atoms with Gasteiger partial charge in [-0.05, 0) is 59.6 Å².